The molecule has 1 aliphatic rings. The third-order valence-corrected chi connectivity index (χ3v) is 11.1. The van der Waals surface area contributed by atoms with Crippen molar-refractivity contribution >= 4 is 44.4 Å². The second-order valence-electron chi connectivity index (χ2n) is 14.7. The first-order valence-electron chi connectivity index (χ1n) is 18.0. The van der Waals surface area contributed by atoms with Gasteiger partial charge in [0.05, 0.1) is 32.4 Å². The summed E-state index contributed by atoms with van der Waals surface area (Å²) in [5, 5.41) is 0. The fourth-order valence-corrected chi connectivity index (χ4v) is 6.26. The number of benzene rings is 6. The SMILES string of the molecule is CC1(C)OB(c2ccc(-c3ccc(C(F)(F)F)cc3)cc2)OC1(C)C.Cc1ccc(-c2ccc(Br)cc2)cc1.Fc1cc(-c2c(F)cc(C(F)(F)F)cc2F)cc(F)c1Br. The van der Waals surface area contributed by atoms with E-state index in [1.165, 1.54) is 28.8 Å². The van der Waals surface area contributed by atoms with Gasteiger partial charge in [-0.15, -0.1) is 0 Å². The fourth-order valence-electron chi connectivity index (χ4n) is 5.76. The topological polar surface area (TPSA) is 18.5 Å². The van der Waals surface area contributed by atoms with E-state index < -0.39 is 80.7 Å². The maximum atomic E-state index is 13.7. The second kappa shape index (κ2) is 18.3. The Balaban J connectivity index is 0.000000177. The highest BCUT2D eigenvalue weighted by molar-refractivity contribution is 9.10. The number of hydrogen-bond acceptors (Lipinski definition) is 2. The van der Waals surface area contributed by atoms with E-state index in [0.29, 0.717) is 12.1 Å². The smallest absolute Gasteiger partial charge is 0.399 e. The van der Waals surface area contributed by atoms with Gasteiger partial charge in [0.2, 0.25) is 0 Å². The first-order valence-corrected chi connectivity index (χ1v) is 19.6. The minimum absolute atomic E-state index is 0.0657. The van der Waals surface area contributed by atoms with E-state index in [2.05, 4.69) is 87.3 Å². The molecule has 60 heavy (non-hydrogen) atoms. The van der Waals surface area contributed by atoms with Crippen molar-refractivity contribution in [2.24, 2.45) is 0 Å². The Kier molecular flexibility index (Phi) is 14.2. The van der Waals surface area contributed by atoms with E-state index in [0.717, 1.165) is 33.2 Å². The molecule has 0 N–H and O–H groups in total. The number of hydrogen-bond donors (Lipinski definition) is 0. The third kappa shape index (κ3) is 11.3. The summed E-state index contributed by atoms with van der Waals surface area (Å²) in [7, 11) is -0.452. The lowest BCUT2D eigenvalue weighted by Gasteiger charge is -2.32. The van der Waals surface area contributed by atoms with Crippen LogP contribution in [-0.4, -0.2) is 18.3 Å². The molecule has 314 valence electrons. The molecular formula is C45H35BBr2F10O2. The number of aryl methyl sites for hydroxylation is 1. The van der Waals surface area contributed by atoms with Gasteiger partial charge in [0.1, 0.15) is 23.3 Å². The summed E-state index contributed by atoms with van der Waals surface area (Å²) < 4.78 is 142. The Morgan fingerprint density at radius 2 is 0.833 bits per heavy atom. The van der Waals surface area contributed by atoms with Crippen molar-refractivity contribution in [3.8, 4) is 33.4 Å². The first kappa shape index (κ1) is 46.6. The fraction of sp³-hybridized carbons (Fsp3) is 0.200. The maximum absolute atomic E-state index is 13.7. The summed E-state index contributed by atoms with van der Waals surface area (Å²) in [6, 6.07) is 30.9. The predicted octanol–water partition coefficient (Wildman–Crippen LogP) is 14.8. The van der Waals surface area contributed by atoms with Gasteiger partial charge in [-0.25, -0.2) is 17.6 Å². The molecular weight excluding hydrogens is 933 g/mol. The van der Waals surface area contributed by atoms with E-state index >= 15 is 0 Å². The van der Waals surface area contributed by atoms with Crippen LogP contribution in [0.4, 0.5) is 43.9 Å². The second-order valence-corrected chi connectivity index (χ2v) is 16.4. The van der Waals surface area contributed by atoms with Crippen LogP contribution in [-0.2, 0) is 21.7 Å². The van der Waals surface area contributed by atoms with Crippen molar-refractivity contribution in [1.29, 1.82) is 0 Å². The van der Waals surface area contributed by atoms with Gasteiger partial charge in [0, 0.05) is 4.47 Å². The van der Waals surface area contributed by atoms with E-state index in [1.807, 2.05) is 52.0 Å². The third-order valence-electron chi connectivity index (χ3n) is 9.85. The molecule has 1 aliphatic heterocycles. The molecule has 15 heteroatoms. The number of halogens is 12. The molecule has 0 bridgehead atoms. The minimum Gasteiger partial charge on any atom is -0.399 e. The molecule has 0 radical (unpaired) electrons. The molecule has 0 unspecified atom stereocenters. The molecule has 0 amide bonds. The molecule has 6 aromatic carbocycles. The van der Waals surface area contributed by atoms with Crippen LogP contribution >= 0.6 is 31.9 Å². The zero-order valence-corrected chi connectivity index (χ0v) is 35.6. The van der Waals surface area contributed by atoms with Gasteiger partial charge in [0.15, 0.2) is 0 Å². The van der Waals surface area contributed by atoms with Gasteiger partial charge in [-0.2, -0.15) is 26.3 Å². The molecule has 0 saturated carbocycles. The molecule has 1 saturated heterocycles. The van der Waals surface area contributed by atoms with Gasteiger partial charge in [-0.1, -0.05) is 94.3 Å². The van der Waals surface area contributed by atoms with Crippen LogP contribution < -0.4 is 5.46 Å². The molecule has 6 aromatic rings. The maximum Gasteiger partial charge on any atom is 0.494 e. The van der Waals surface area contributed by atoms with E-state index in [1.54, 1.807) is 0 Å². The summed E-state index contributed by atoms with van der Waals surface area (Å²) in [5.74, 6) is -5.40. The summed E-state index contributed by atoms with van der Waals surface area (Å²) >= 11 is 6.00. The van der Waals surface area contributed by atoms with Crippen LogP contribution in [0.2, 0.25) is 0 Å². The van der Waals surface area contributed by atoms with Crippen molar-refractivity contribution < 1.29 is 53.2 Å². The highest BCUT2D eigenvalue weighted by atomic mass is 79.9. The van der Waals surface area contributed by atoms with Gasteiger partial charge < -0.3 is 9.31 Å². The van der Waals surface area contributed by atoms with Crippen molar-refractivity contribution in [3.05, 3.63) is 170 Å². The van der Waals surface area contributed by atoms with E-state index in [-0.39, 0.29) is 12.1 Å². The zero-order chi connectivity index (χ0) is 44.4. The lowest BCUT2D eigenvalue weighted by atomic mass is 9.78. The Morgan fingerprint density at radius 1 is 0.467 bits per heavy atom. The molecule has 7 rings (SSSR count). The molecule has 1 heterocycles. The zero-order valence-electron chi connectivity index (χ0n) is 32.5. The van der Waals surface area contributed by atoms with Crippen molar-refractivity contribution in [1.82, 2.24) is 0 Å². The minimum atomic E-state index is -4.93. The van der Waals surface area contributed by atoms with Crippen LogP contribution in [0.15, 0.2) is 130 Å². The standard InChI is InChI=1S/C19H20BF3O2.C13H4BrF7.C13H11Br/c1-17(2)18(3,4)25-20(24-17)16-11-7-14(8-12-16)13-5-9-15(10-6-13)19(21,22)23;14-12-9(17)1-5(2-10(12)18)11-7(15)3-6(4-8(11)16)13(19,20)21;1-10-2-4-11(5-3-10)12-6-8-13(14)9-7-12/h5-12H,1-4H3;1-4H;2-9H,1H3. The summed E-state index contributed by atoms with van der Waals surface area (Å²) in [5.41, 5.74) is 1.79. The largest absolute Gasteiger partial charge is 0.494 e. The van der Waals surface area contributed by atoms with Gasteiger partial charge in [-0.05, 0) is 132 Å². The van der Waals surface area contributed by atoms with Crippen molar-refractivity contribution in [3.63, 3.8) is 0 Å². The van der Waals surface area contributed by atoms with E-state index in [9.17, 15) is 43.9 Å². The van der Waals surface area contributed by atoms with Crippen LogP contribution in [0.25, 0.3) is 33.4 Å². The summed E-state index contributed by atoms with van der Waals surface area (Å²) in [4.78, 5) is 0. The van der Waals surface area contributed by atoms with Gasteiger partial charge in [-0.3, -0.25) is 0 Å². The molecule has 0 spiro atoms. The average Bonchev–Trinajstić information content (AvgIpc) is 3.40. The van der Waals surface area contributed by atoms with Crippen LogP contribution in [0.5, 0.6) is 0 Å². The molecule has 1 fully saturated rings. The Hall–Kier alpha value is -4.44. The van der Waals surface area contributed by atoms with E-state index in [4.69, 9.17) is 9.31 Å². The van der Waals surface area contributed by atoms with Crippen LogP contribution in [0.1, 0.15) is 44.4 Å². The number of rotatable bonds is 4. The lowest BCUT2D eigenvalue weighted by Crippen LogP contribution is -2.41. The summed E-state index contributed by atoms with van der Waals surface area (Å²) in [6.07, 6.45) is -9.25. The Morgan fingerprint density at radius 3 is 1.23 bits per heavy atom. The quantitative estimate of drug-likeness (QED) is 0.0996. The predicted molar refractivity (Wildman–Crippen MR) is 221 cm³/mol. The average molecular weight is 968 g/mol. The monoisotopic (exact) mass is 966 g/mol. The molecule has 0 aliphatic carbocycles. The lowest BCUT2D eigenvalue weighted by molar-refractivity contribution is -0.138. The van der Waals surface area contributed by atoms with Gasteiger partial charge in [0.25, 0.3) is 0 Å². The van der Waals surface area contributed by atoms with Crippen LogP contribution in [0, 0.1) is 30.2 Å². The Bertz CT molecular complexity index is 2310. The molecule has 0 atom stereocenters. The molecule has 2 nitrogen and oxygen atoms in total. The highest BCUT2D eigenvalue weighted by Crippen LogP contribution is 2.38. The van der Waals surface area contributed by atoms with Gasteiger partial charge >= 0.3 is 19.5 Å². The highest BCUT2D eigenvalue weighted by Gasteiger charge is 2.51. The number of alkyl halides is 6. The van der Waals surface area contributed by atoms with Crippen molar-refractivity contribution in [2.45, 2.75) is 58.2 Å². The molecule has 0 aromatic heterocycles. The first-order chi connectivity index (χ1) is 27.9. The van der Waals surface area contributed by atoms with Crippen LogP contribution in [0.3, 0.4) is 0 Å². The Labute approximate surface area is 358 Å². The normalized spacial score (nSPS) is 14.5. The summed E-state index contributed by atoms with van der Waals surface area (Å²) in [6.45, 7) is 10.1. The van der Waals surface area contributed by atoms with Crippen molar-refractivity contribution in [2.75, 3.05) is 0 Å².